The zero-order valence-electron chi connectivity index (χ0n) is 10.1. The Morgan fingerprint density at radius 3 is 2.45 bits per heavy atom. The molecule has 1 unspecified atom stereocenters. The zero-order valence-corrected chi connectivity index (χ0v) is 10.1. The first-order valence-electron chi connectivity index (χ1n) is 5.87. The third-order valence-corrected chi connectivity index (χ3v) is 3.04. The lowest BCUT2D eigenvalue weighted by Gasteiger charge is -2.08. The van der Waals surface area contributed by atoms with Crippen LogP contribution in [0.25, 0.3) is 11.0 Å². The predicted molar refractivity (Wildman–Crippen MR) is 66.6 cm³/mol. The quantitative estimate of drug-likeness (QED) is 0.770. The van der Waals surface area contributed by atoms with Gasteiger partial charge in [-0.1, -0.05) is 18.2 Å². The van der Waals surface area contributed by atoms with E-state index in [4.69, 9.17) is 4.42 Å². The molecule has 0 radical (unpaired) electrons. The molecule has 1 N–H and O–H groups in total. The summed E-state index contributed by atoms with van der Waals surface area (Å²) in [6, 6.07) is 8.58. The molecule has 1 aromatic heterocycles. The van der Waals surface area contributed by atoms with Gasteiger partial charge < -0.3 is 9.52 Å². The Morgan fingerprint density at radius 2 is 1.75 bits per heavy atom. The molecule has 0 aliphatic rings. The van der Waals surface area contributed by atoms with Crippen molar-refractivity contribution in [3.8, 4) is 0 Å². The van der Waals surface area contributed by atoms with Crippen LogP contribution in [0.5, 0.6) is 0 Å². The van der Waals surface area contributed by atoms with Gasteiger partial charge in [-0.2, -0.15) is 0 Å². The van der Waals surface area contributed by atoms with Crippen molar-refractivity contribution in [2.75, 3.05) is 0 Å². The molecule has 102 valence electrons. The van der Waals surface area contributed by atoms with Crippen molar-refractivity contribution in [2.24, 2.45) is 0 Å². The number of aliphatic hydroxyl groups excluding tert-OH is 1. The van der Waals surface area contributed by atoms with E-state index in [0.29, 0.717) is 11.5 Å². The first-order valence-corrected chi connectivity index (χ1v) is 5.87. The predicted octanol–water partition coefficient (Wildman–Crippen LogP) is 3.93. The van der Waals surface area contributed by atoms with Crippen molar-refractivity contribution in [1.82, 2.24) is 0 Å². The summed E-state index contributed by atoms with van der Waals surface area (Å²) in [5.41, 5.74) is -0.144. The fourth-order valence-corrected chi connectivity index (χ4v) is 2.06. The van der Waals surface area contributed by atoms with Crippen LogP contribution in [0, 0.1) is 17.5 Å². The van der Waals surface area contributed by atoms with Crippen LogP contribution < -0.4 is 0 Å². The van der Waals surface area contributed by atoms with E-state index in [1.807, 2.05) is 0 Å². The van der Waals surface area contributed by atoms with Crippen LogP contribution in [-0.2, 0) is 0 Å². The van der Waals surface area contributed by atoms with E-state index in [9.17, 15) is 18.3 Å². The number of aliphatic hydroxyl groups is 1. The molecule has 2 aromatic carbocycles. The maximum Gasteiger partial charge on any atom is 0.170 e. The molecule has 1 atom stereocenters. The summed E-state index contributed by atoms with van der Waals surface area (Å²) in [4.78, 5) is 0. The molecule has 0 saturated carbocycles. The normalized spacial score (nSPS) is 12.8. The molecule has 5 heteroatoms. The number of halogens is 3. The third-order valence-electron chi connectivity index (χ3n) is 3.04. The number of rotatable bonds is 2. The van der Waals surface area contributed by atoms with Crippen LogP contribution >= 0.6 is 0 Å². The average Bonchev–Trinajstić information content (AvgIpc) is 2.83. The highest BCUT2D eigenvalue weighted by Crippen LogP contribution is 2.30. The Labute approximate surface area is 112 Å². The van der Waals surface area contributed by atoms with Gasteiger partial charge in [0, 0.05) is 17.0 Å². The van der Waals surface area contributed by atoms with Gasteiger partial charge in [-0.05, 0) is 18.2 Å². The van der Waals surface area contributed by atoms with Gasteiger partial charge >= 0.3 is 0 Å². The SMILES string of the molecule is OC(c1cc2cccc(F)c2o1)c1ccc(F)cc1F. The molecular weight excluding hydrogens is 269 g/mol. The van der Waals surface area contributed by atoms with Gasteiger partial charge in [0.1, 0.15) is 23.5 Å². The molecule has 0 amide bonds. The Kier molecular flexibility index (Phi) is 2.99. The highest BCUT2D eigenvalue weighted by Gasteiger charge is 2.20. The summed E-state index contributed by atoms with van der Waals surface area (Å²) in [5.74, 6) is -2.20. The minimum absolute atomic E-state index is 0.00407. The molecule has 2 nitrogen and oxygen atoms in total. The van der Waals surface area contributed by atoms with Gasteiger partial charge in [0.15, 0.2) is 11.4 Å². The van der Waals surface area contributed by atoms with Crippen LogP contribution in [0.15, 0.2) is 46.9 Å². The van der Waals surface area contributed by atoms with Gasteiger partial charge in [0.2, 0.25) is 0 Å². The molecule has 0 aliphatic carbocycles. The van der Waals surface area contributed by atoms with Crippen LogP contribution in [0.3, 0.4) is 0 Å². The highest BCUT2D eigenvalue weighted by molar-refractivity contribution is 5.78. The number of hydrogen-bond donors (Lipinski definition) is 1. The smallest absolute Gasteiger partial charge is 0.170 e. The second kappa shape index (κ2) is 4.68. The van der Waals surface area contributed by atoms with Gasteiger partial charge in [-0.3, -0.25) is 0 Å². The zero-order chi connectivity index (χ0) is 14.3. The maximum absolute atomic E-state index is 13.6. The molecule has 0 fully saturated rings. The Morgan fingerprint density at radius 1 is 0.950 bits per heavy atom. The lowest BCUT2D eigenvalue weighted by Crippen LogP contribution is -2.01. The lowest BCUT2D eigenvalue weighted by molar-refractivity contribution is 0.187. The molecule has 3 rings (SSSR count). The van der Waals surface area contributed by atoms with Crippen molar-refractivity contribution in [3.63, 3.8) is 0 Å². The molecule has 1 heterocycles. The summed E-state index contributed by atoms with van der Waals surface area (Å²) < 4.78 is 45.2. The fraction of sp³-hybridized carbons (Fsp3) is 0.0667. The second-order valence-electron chi connectivity index (χ2n) is 4.38. The number of furan rings is 1. The minimum atomic E-state index is -1.43. The molecule has 3 aromatic rings. The van der Waals surface area contributed by atoms with Crippen LogP contribution in [0.4, 0.5) is 13.2 Å². The van der Waals surface area contributed by atoms with Gasteiger partial charge in [-0.15, -0.1) is 0 Å². The van der Waals surface area contributed by atoms with E-state index in [2.05, 4.69) is 0 Å². The van der Waals surface area contributed by atoms with Crippen LogP contribution in [0.2, 0.25) is 0 Å². The second-order valence-corrected chi connectivity index (χ2v) is 4.38. The average molecular weight is 278 g/mol. The van der Waals surface area contributed by atoms with Gasteiger partial charge in [0.05, 0.1) is 0 Å². The number of hydrogen-bond acceptors (Lipinski definition) is 2. The first kappa shape index (κ1) is 12.7. The van der Waals surface area contributed by atoms with E-state index in [-0.39, 0.29) is 16.9 Å². The van der Waals surface area contributed by atoms with Crippen molar-refractivity contribution >= 4 is 11.0 Å². The Bertz CT molecular complexity index is 780. The molecule has 20 heavy (non-hydrogen) atoms. The summed E-state index contributed by atoms with van der Waals surface area (Å²) in [7, 11) is 0. The Hall–Kier alpha value is -2.27. The molecule has 0 bridgehead atoms. The summed E-state index contributed by atoms with van der Waals surface area (Å²) >= 11 is 0. The fourth-order valence-electron chi connectivity index (χ4n) is 2.06. The number of benzene rings is 2. The molecule has 0 spiro atoms. The van der Waals surface area contributed by atoms with Crippen molar-refractivity contribution in [1.29, 1.82) is 0 Å². The largest absolute Gasteiger partial charge is 0.455 e. The standard InChI is InChI=1S/C15H9F3O2/c16-9-4-5-10(12(18)7-9)14(19)13-6-8-2-1-3-11(17)15(8)20-13/h1-7,14,19H. The summed E-state index contributed by atoms with van der Waals surface area (Å²) in [6.45, 7) is 0. The topological polar surface area (TPSA) is 33.4 Å². The Balaban J connectivity index is 2.08. The minimum Gasteiger partial charge on any atom is -0.455 e. The van der Waals surface area contributed by atoms with E-state index in [0.717, 1.165) is 12.1 Å². The van der Waals surface area contributed by atoms with E-state index in [1.165, 1.54) is 18.2 Å². The summed E-state index contributed by atoms with van der Waals surface area (Å²) in [6.07, 6.45) is -1.43. The van der Waals surface area contributed by atoms with Crippen LogP contribution in [-0.4, -0.2) is 5.11 Å². The third kappa shape index (κ3) is 2.06. The van der Waals surface area contributed by atoms with Crippen LogP contribution in [0.1, 0.15) is 17.4 Å². The number of para-hydroxylation sites is 1. The molecule has 0 aliphatic heterocycles. The van der Waals surface area contributed by atoms with Crippen molar-refractivity contribution in [2.45, 2.75) is 6.10 Å². The van der Waals surface area contributed by atoms with Gasteiger partial charge in [0.25, 0.3) is 0 Å². The lowest BCUT2D eigenvalue weighted by atomic mass is 10.1. The van der Waals surface area contributed by atoms with E-state index < -0.39 is 23.6 Å². The number of fused-ring (bicyclic) bond motifs is 1. The molecule has 0 saturated heterocycles. The highest BCUT2D eigenvalue weighted by atomic mass is 19.1. The van der Waals surface area contributed by atoms with Gasteiger partial charge in [-0.25, -0.2) is 13.2 Å². The molecular formula is C15H9F3O2. The first-order chi connectivity index (χ1) is 9.56. The summed E-state index contributed by atoms with van der Waals surface area (Å²) in [5, 5.41) is 10.5. The van der Waals surface area contributed by atoms with Crippen molar-refractivity contribution in [3.05, 3.63) is 71.2 Å². The van der Waals surface area contributed by atoms with E-state index in [1.54, 1.807) is 6.07 Å². The monoisotopic (exact) mass is 278 g/mol. The maximum atomic E-state index is 13.6. The van der Waals surface area contributed by atoms with E-state index >= 15 is 0 Å². The van der Waals surface area contributed by atoms with Crippen molar-refractivity contribution < 1.29 is 22.7 Å².